The predicted octanol–water partition coefficient (Wildman–Crippen LogP) is 5.26. The van der Waals surface area contributed by atoms with Crippen LogP contribution in [0.4, 0.5) is 11.4 Å². The number of anilines is 2. The number of hydrogen-bond acceptors (Lipinski definition) is 6. The fourth-order valence-electron chi connectivity index (χ4n) is 2.75. The minimum absolute atomic E-state index is 0.0939. The van der Waals surface area contributed by atoms with E-state index in [-0.39, 0.29) is 16.4 Å². The summed E-state index contributed by atoms with van der Waals surface area (Å²) in [6, 6.07) is 21.7. The molecule has 0 bridgehead atoms. The van der Waals surface area contributed by atoms with E-state index in [0.717, 1.165) is 0 Å². The number of nitrogens with zero attached hydrogens (tertiary/aromatic N) is 2. The van der Waals surface area contributed by atoms with Crippen LogP contribution in [0.2, 0.25) is 5.02 Å². The van der Waals surface area contributed by atoms with Crippen LogP contribution in [0.3, 0.4) is 0 Å². The quantitative estimate of drug-likeness (QED) is 0.388. The molecule has 4 rings (SSSR count). The van der Waals surface area contributed by atoms with Gasteiger partial charge in [0.2, 0.25) is 5.89 Å². The predicted molar refractivity (Wildman–Crippen MR) is 120 cm³/mol. The van der Waals surface area contributed by atoms with Crippen molar-refractivity contribution in [3.63, 3.8) is 0 Å². The lowest BCUT2D eigenvalue weighted by Gasteiger charge is -2.09. The highest BCUT2D eigenvalue weighted by atomic mass is 35.5. The van der Waals surface area contributed by atoms with Crippen LogP contribution >= 0.6 is 11.6 Å². The van der Waals surface area contributed by atoms with Gasteiger partial charge in [0.15, 0.2) is 5.58 Å². The number of fused-ring (bicyclic) bond motifs is 1. The zero-order valence-corrected chi connectivity index (χ0v) is 17.5. The number of oxazole rings is 1. The number of rotatable bonds is 6. The van der Waals surface area contributed by atoms with E-state index in [2.05, 4.69) is 15.0 Å². The molecule has 0 atom stereocenters. The zero-order valence-electron chi connectivity index (χ0n) is 15.9. The molecular weight excluding hydrogens is 436 g/mol. The summed E-state index contributed by atoms with van der Waals surface area (Å²) < 4.78 is 33.2. The molecule has 1 heterocycles. The van der Waals surface area contributed by atoms with Crippen molar-refractivity contribution in [2.45, 2.75) is 4.90 Å². The first kappa shape index (κ1) is 20.5. The zero-order chi connectivity index (χ0) is 21.8. The van der Waals surface area contributed by atoms with Crippen LogP contribution in [0.5, 0.6) is 0 Å². The minimum Gasteiger partial charge on any atom is -0.435 e. The van der Waals surface area contributed by atoms with E-state index in [9.17, 15) is 13.7 Å². The Balaban J connectivity index is 1.49. The Kier molecular flexibility index (Phi) is 5.62. The third-order valence-corrected chi connectivity index (χ3v) is 5.94. The summed E-state index contributed by atoms with van der Waals surface area (Å²) in [7, 11) is -3.75. The van der Waals surface area contributed by atoms with Gasteiger partial charge in [0.1, 0.15) is 17.2 Å². The molecule has 0 fully saturated rings. The van der Waals surface area contributed by atoms with Crippen LogP contribution in [-0.2, 0) is 10.0 Å². The maximum absolute atomic E-state index is 12.5. The van der Waals surface area contributed by atoms with E-state index in [4.69, 9.17) is 16.0 Å². The van der Waals surface area contributed by atoms with Crippen molar-refractivity contribution in [3.8, 4) is 6.07 Å². The molecule has 0 unspecified atom stereocenters. The van der Waals surface area contributed by atoms with Gasteiger partial charge in [0.25, 0.3) is 10.0 Å². The molecule has 3 aromatic carbocycles. The molecule has 9 heteroatoms. The summed E-state index contributed by atoms with van der Waals surface area (Å²) in [5, 5.41) is 12.9. The lowest BCUT2D eigenvalue weighted by molar-refractivity contribution is 0.586. The van der Waals surface area contributed by atoms with Gasteiger partial charge in [-0.1, -0.05) is 23.7 Å². The molecule has 2 N–H and O–H groups in total. The normalized spacial score (nSPS) is 11.8. The van der Waals surface area contributed by atoms with Crippen LogP contribution in [0.25, 0.3) is 16.7 Å². The van der Waals surface area contributed by atoms with Crippen molar-refractivity contribution in [2.75, 3.05) is 10.0 Å². The van der Waals surface area contributed by atoms with Crippen LogP contribution in [0.15, 0.2) is 88.3 Å². The van der Waals surface area contributed by atoms with E-state index in [1.165, 1.54) is 18.3 Å². The summed E-state index contributed by atoms with van der Waals surface area (Å²) in [5.41, 5.74) is 2.45. The molecule has 0 aliphatic carbocycles. The number of nitriles is 1. The number of benzene rings is 3. The van der Waals surface area contributed by atoms with Gasteiger partial charge in [-0.2, -0.15) is 5.26 Å². The molecule has 0 spiro atoms. The smallest absolute Gasteiger partial charge is 0.261 e. The van der Waals surface area contributed by atoms with E-state index in [0.29, 0.717) is 27.5 Å². The largest absolute Gasteiger partial charge is 0.435 e. The number of hydrogen-bond donors (Lipinski definition) is 2. The highest BCUT2D eigenvalue weighted by Crippen LogP contribution is 2.22. The van der Waals surface area contributed by atoms with Crippen LogP contribution in [-0.4, -0.2) is 13.4 Å². The second-order valence-corrected chi connectivity index (χ2v) is 8.56. The Hall–Kier alpha value is -3.80. The van der Waals surface area contributed by atoms with Gasteiger partial charge in [0, 0.05) is 22.6 Å². The van der Waals surface area contributed by atoms with Crippen LogP contribution in [0, 0.1) is 11.3 Å². The summed E-state index contributed by atoms with van der Waals surface area (Å²) >= 11 is 5.82. The average molecular weight is 451 g/mol. The molecule has 0 saturated carbocycles. The van der Waals surface area contributed by atoms with Crippen molar-refractivity contribution in [1.82, 2.24) is 4.98 Å². The van der Waals surface area contributed by atoms with Crippen LogP contribution < -0.4 is 10.0 Å². The maximum Gasteiger partial charge on any atom is 0.261 e. The van der Waals surface area contributed by atoms with Gasteiger partial charge in [0.05, 0.1) is 4.90 Å². The number of aromatic nitrogens is 1. The Bertz CT molecular complexity index is 1370. The van der Waals surface area contributed by atoms with Gasteiger partial charge in [-0.25, -0.2) is 13.4 Å². The summed E-state index contributed by atoms with van der Waals surface area (Å²) in [4.78, 5) is 4.39. The topological polar surface area (TPSA) is 108 Å². The molecule has 7 nitrogen and oxygen atoms in total. The number of para-hydroxylation sites is 2. The molecule has 0 radical (unpaired) electrons. The third-order valence-electron chi connectivity index (χ3n) is 4.29. The monoisotopic (exact) mass is 450 g/mol. The van der Waals surface area contributed by atoms with Gasteiger partial charge >= 0.3 is 0 Å². The lowest BCUT2D eigenvalue weighted by atomic mass is 10.3. The first-order valence-electron chi connectivity index (χ1n) is 9.06. The highest BCUT2D eigenvalue weighted by molar-refractivity contribution is 7.92. The molecule has 0 amide bonds. The second-order valence-electron chi connectivity index (χ2n) is 6.44. The van der Waals surface area contributed by atoms with Gasteiger partial charge in [-0.3, -0.25) is 4.72 Å². The Morgan fingerprint density at radius 1 is 1.00 bits per heavy atom. The second kappa shape index (κ2) is 8.52. The fourth-order valence-corrected chi connectivity index (χ4v) is 3.93. The molecule has 31 heavy (non-hydrogen) atoms. The minimum atomic E-state index is -3.75. The first-order valence-corrected chi connectivity index (χ1v) is 10.9. The maximum atomic E-state index is 12.5. The average Bonchev–Trinajstić information content (AvgIpc) is 3.20. The number of allylic oxidation sites excluding steroid dienone is 1. The van der Waals surface area contributed by atoms with E-state index >= 15 is 0 Å². The molecule has 0 aliphatic rings. The number of nitrogens with one attached hydrogen (secondary N) is 2. The molecule has 154 valence electrons. The Labute approximate surface area is 183 Å². The fraction of sp³-hybridized carbons (Fsp3) is 0. The number of sulfonamides is 1. The van der Waals surface area contributed by atoms with Crippen molar-refractivity contribution in [1.29, 1.82) is 5.26 Å². The molecule has 1 aromatic heterocycles. The SMILES string of the molecule is N#CC(=CNc1ccc(S(=O)(=O)Nc2ccc(Cl)cc2)cc1)c1nc2ccccc2o1. The van der Waals surface area contributed by atoms with Crippen molar-refractivity contribution >= 4 is 49.7 Å². The number of halogens is 1. The van der Waals surface area contributed by atoms with Gasteiger partial charge < -0.3 is 9.73 Å². The summed E-state index contributed by atoms with van der Waals surface area (Å²) in [6.45, 7) is 0. The van der Waals surface area contributed by atoms with Crippen molar-refractivity contribution < 1.29 is 12.8 Å². The summed E-state index contributed by atoms with van der Waals surface area (Å²) in [6.07, 6.45) is 1.46. The first-order chi connectivity index (χ1) is 14.9. The van der Waals surface area contributed by atoms with Gasteiger partial charge in [-0.15, -0.1) is 0 Å². The standard InChI is InChI=1S/C22H15ClN4O3S/c23-16-5-7-18(8-6-16)27-31(28,29)19-11-9-17(10-12-19)25-14-15(13-24)22-26-20-3-1-2-4-21(20)30-22/h1-12,14,25,27H. The Morgan fingerprint density at radius 2 is 1.68 bits per heavy atom. The highest BCUT2D eigenvalue weighted by Gasteiger charge is 2.14. The van der Waals surface area contributed by atoms with E-state index in [1.54, 1.807) is 48.5 Å². The lowest BCUT2D eigenvalue weighted by Crippen LogP contribution is -2.12. The van der Waals surface area contributed by atoms with Gasteiger partial charge in [-0.05, 0) is 60.7 Å². The molecule has 4 aromatic rings. The van der Waals surface area contributed by atoms with E-state index in [1.807, 2.05) is 18.2 Å². The Morgan fingerprint density at radius 3 is 2.35 bits per heavy atom. The third kappa shape index (κ3) is 4.69. The van der Waals surface area contributed by atoms with E-state index < -0.39 is 10.0 Å². The van der Waals surface area contributed by atoms with Crippen molar-refractivity contribution in [2.24, 2.45) is 0 Å². The van der Waals surface area contributed by atoms with Crippen molar-refractivity contribution in [3.05, 3.63) is 89.9 Å². The molecule has 0 saturated heterocycles. The molecular formula is C22H15ClN4O3S. The summed E-state index contributed by atoms with van der Waals surface area (Å²) in [5.74, 6) is 0.197. The van der Waals surface area contributed by atoms with Crippen LogP contribution in [0.1, 0.15) is 5.89 Å². The molecule has 0 aliphatic heterocycles.